The minimum absolute atomic E-state index is 0.392. The summed E-state index contributed by atoms with van der Waals surface area (Å²) in [5.41, 5.74) is 0.112. The predicted molar refractivity (Wildman–Crippen MR) is 95.8 cm³/mol. The van der Waals surface area contributed by atoms with Gasteiger partial charge in [0.2, 0.25) is 0 Å². The number of aromatic amines is 1. The van der Waals surface area contributed by atoms with Gasteiger partial charge in [0.05, 0.1) is 5.75 Å². The minimum atomic E-state index is -0.404. The Balaban J connectivity index is 2.07. The number of unbranched alkanes of at least 4 members (excludes halogenated alkanes) is 1. The molecule has 0 radical (unpaired) electrons. The van der Waals surface area contributed by atoms with Gasteiger partial charge in [-0.1, -0.05) is 25.1 Å². The summed E-state index contributed by atoms with van der Waals surface area (Å²) in [5, 5.41) is 8.67. The summed E-state index contributed by atoms with van der Waals surface area (Å²) in [5.74, 6) is 1.28. The number of aryl methyl sites for hydroxylation is 3. The second kappa shape index (κ2) is 7.26. The smallest absolute Gasteiger partial charge is 0.322 e. The van der Waals surface area contributed by atoms with E-state index in [0.29, 0.717) is 30.0 Å². The van der Waals surface area contributed by atoms with Crippen molar-refractivity contribution in [3.63, 3.8) is 0 Å². The lowest BCUT2D eigenvalue weighted by Crippen LogP contribution is -2.31. The first-order chi connectivity index (χ1) is 12.1. The van der Waals surface area contributed by atoms with Gasteiger partial charge in [0.15, 0.2) is 16.3 Å². The van der Waals surface area contributed by atoms with Gasteiger partial charge in [-0.3, -0.25) is 14.3 Å². The number of rotatable bonds is 7. The van der Waals surface area contributed by atoms with Gasteiger partial charge in [0.1, 0.15) is 12.2 Å². The number of aromatic nitrogens is 7. The lowest BCUT2D eigenvalue weighted by molar-refractivity contribution is 0.613. The number of nitrogens with zero attached hydrogens (tertiary/aromatic N) is 6. The van der Waals surface area contributed by atoms with Crippen molar-refractivity contribution >= 4 is 22.9 Å². The molecule has 0 aliphatic heterocycles. The molecule has 3 aromatic rings. The molecule has 0 amide bonds. The topological polar surface area (TPSA) is 103 Å². The maximum Gasteiger partial charge on any atom is 0.330 e. The molecule has 0 aromatic carbocycles. The third-order valence-electron chi connectivity index (χ3n) is 4.02. The Morgan fingerprint density at radius 2 is 2.04 bits per heavy atom. The van der Waals surface area contributed by atoms with Crippen LogP contribution in [0.1, 0.15) is 32.5 Å². The zero-order chi connectivity index (χ0) is 18.0. The summed E-state index contributed by atoms with van der Waals surface area (Å²) >= 11 is 1.49. The molecule has 0 spiro atoms. The van der Waals surface area contributed by atoms with Crippen LogP contribution in [0, 0.1) is 0 Å². The van der Waals surface area contributed by atoms with E-state index in [1.54, 1.807) is 10.9 Å². The van der Waals surface area contributed by atoms with Crippen LogP contribution in [0.25, 0.3) is 11.2 Å². The van der Waals surface area contributed by atoms with Gasteiger partial charge in [-0.2, -0.15) is 0 Å². The van der Waals surface area contributed by atoms with Gasteiger partial charge in [-0.15, -0.1) is 10.2 Å². The van der Waals surface area contributed by atoms with Gasteiger partial charge in [0.25, 0.3) is 5.56 Å². The number of hydrogen-bond acceptors (Lipinski definition) is 6. The lowest BCUT2D eigenvalue weighted by atomic mass is 10.3. The van der Waals surface area contributed by atoms with Crippen LogP contribution in [0.4, 0.5) is 0 Å². The number of fused-ring (bicyclic) bond motifs is 1. The highest BCUT2D eigenvalue weighted by molar-refractivity contribution is 7.98. The molecule has 3 aromatic heterocycles. The molecule has 0 atom stereocenters. The van der Waals surface area contributed by atoms with Crippen LogP contribution < -0.4 is 11.2 Å². The van der Waals surface area contributed by atoms with Gasteiger partial charge >= 0.3 is 5.69 Å². The fourth-order valence-corrected chi connectivity index (χ4v) is 3.56. The van der Waals surface area contributed by atoms with E-state index >= 15 is 0 Å². The maximum atomic E-state index is 12.3. The molecule has 1 N–H and O–H groups in total. The highest BCUT2D eigenvalue weighted by Gasteiger charge is 2.18. The number of nitrogens with one attached hydrogen (secondary N) is 1. The van der Waals surface area contributed by atoms with Crippen LogP contribution in [0.15, 0.2) is 21.1 Å². The zero-order valence-corrected chi connectivity index (χ0v) is 15.3. The molecule has 0 saturated carbocycles. The minimum Gasteiger partial charge on any atom is -0.322 e. The van der Waals surface area contributed by atoms with Crippen molar-refractivity contribution < 1.29 is 0 Å². The van der Waals surface area contributed by atoms with Crippen molar-refractivity contribution in [3.8, 4) is 0 Å². The van der Waals surface area contributed by atoms with Crippen molar-refractivity contribution in [3.05, 3.63) is 33.0 Å². The van der Waals surface area contributed by atoms with Crippen molar-refractivity contribution in [2.45, 2.75) is 50.7 Å². The van der Waals surface area contributed by atoms with E-state index in [1.807, 2.05) is 23.1 Å². The van der Waals surface area contributed by atoms with Gasteiger partial charge < -0.3 is 9.13 Å². The van der Waals surface area contributed by atoms with Crippen LogP contribution in [0.2, 0.25) is 0 Å². The molecule has 0 aliphatic carbocycles. The third-order valence-corrected chi connectivity index (χ3v) is 5.05. The average molecular weight is 363 g/mol. The van der Waals surface area contributed by atoms with E-state index in [9.17, 15) is 9.59 Å². The molecule has 3 rings (SSSR count). The van der Waals surface area contributed by atoms with E-state index in [2.05, 4.69) is 27.1 Å². The second-order valence-corrected chi connectivity index (χ2v) is 6.66. The monoisotopic (exact) mass is 363 g/mol. The second-order valence-electron chi connectivity index (χ2n) is 5.72. The normalized spacial score (nSPS) is 11.5. The Labute approximate surface area is 148 Å². The molecule has 10 heteroatoms. The fraction of sp³-hybridized carbons (Fsp3) is 0.533. The Morgan fingerprint density at radius 3 is 2.68 bits per heavy atom. The molecular formula is C15H21N7O2S. The quantitative estimate of drug-likeness (QED) is 0.631. The van der Waals surface area contributed by atoms with Crippen molar-refractivity contribution in [1.29, 1.82) is 0 Å². The summed E-state index contributed by atoms with van der Waals surface area (Å²) in [4.78, 5) is 31.6. The van der Waals surface area contributed by atoms with Gasteiger partial charge in [-0.25, -0.2) is 9.78 Å². The lowest BCUT2D eigenvalue weighted by Gasteiger charge is -2.06. The van der Waals surface area contributed by atoms with Gasteiger partial charge in [0, 0.05) is 20.1 Å². The molecule has 0 aliphatic rings. The van der Waals surface area contributed by atoms with Crippen LogP contribution in [0.5, 0.6) is 0 Å². The molecule has 0 unspecified atom stereocenters. The molecule has 25 heavy (non-hydrogen) atoms. The zero-order valence-electron chi connectivity index (χ0n) is 14.5. The molecule has 0 saturated heterocycles. The third kappa shape index (κ3) is 3.26. The highest BCUT2D eigenvalue weighted by atomic mass is 32.2. The van der Waals surface area contributed by atoms with Crippen molar-refractivity contribution in [1.82, 2.24) is 33.9 Å². The fourth-order valence-electron chi connectivity index (χ4n) is 2.72. The molecule has 0 bridgehead atoms. The summed E-state index contributed by atoms with van der Waals surface area (Å²) < 4.78 is 5.25. The molecule has 9 nitrogen and oxygen atoms in total. The Kier molecular flexibility index (Phi) is 5.07. The summed E-state index contributed by atoms with van der Waals surface area (Å²) in [6, 6.07) is 0. The number of H-pyrrole nitrogens is 1. The molecule has 3 heterocycles. The summed E-state index contributed by atoms with van der Waals surface area (Å²) in [6.07, 6.45) is 3.44. The Hall–Kier alpha value is -2.36. The standard InChI is InChI=1S/C15H21N7O2S/c1-4-6-7-22-12-11(13(23)18-14(22)24)21(5-2)10(17-12)8-25-15-19-16-9-20(15)3/h9H,4-8H2,1-3H3,(H,18,23,24). The maximum absolute atomic E-state index is 12.3. The van der Waals surface area contributed by atoms with Crippen molar-refractivity contribution in [2.24, 2.45) is 7.05 Å². The average Bonchev–Trinajstić information content (AvgIpc) is 3.16. The summed E-state index contributed by atoms with van der Waals surface area (Å²) in [7, 11) is 1.87. The van der Waals surface area contributed by atoms with Crippen LogP contribution >= 0.6 is 11.8 Å². The molecule has 134 valence electrons. The van der Waals surface area contributed by atoms with Crippen LogP contribution in [-0.2, 0) is 25.9 Å². The van der Waals surface area contributed by atoms with Crippen LogP contribution in [0.3, 0.4) is 0 Å². The van der Waals surface area contributed by atoms with Crippen LogP contribution in [-0.4, -0.2) is 33.9 Å². The SMILES string of the molecule is CCCCn1c(=O)[nH]c(=O)c2c1nc(CSc1nncn1C)n2CC. The predicted octanol–water partition coefficient (Wildman–Crippen LogP) is 1.13. The first-order valence-corrected chi connectivity index (χ1v) is 9.24. The van der Waals surface area contributed by atoms with E-state index in [4.69, 9.17) is 0 Å². The van der Waals surface area contributed by atoms with E-state index in [0.717, 1.165) is 23.8 Å². The van der Waals surface area contributed by atoms with E-state index in [1.165, 1.54) is 11.8 Å². The van der Waals surface area contributed by atoms with E-state index in [-0.39, 0.29) is 0 Å². The first-order valence-electron chi connectivity index (χ1n) is 8.25. The Morgan fingerprint density at radius 1 is 1.24 bits per heavy atom. The Bertz CT molecular complexity index is 998. The largest absolute Gasteiger partial charge is 0.330 e. The van der Waals surface area contributed by atoms with Gasteiger partial charge in [-0.05, 0) is 13.3 Å². The van der Waals surface area contributed by atoms with E-state index < -0.39 is 11.2 Å². The number of imidazole rings is 1. The molecule has 0 fully saturated rings. The summed E-state index contributed by atoms with van der Waals surface area (Å²) in [6.45, 7) is 5.15. The number of hydrogen-bond donors (Lipinski definition) is 1. The highest BCUT2D eigenvalue weighted by Crippen LogP contribution is 2.21. The molecular weight excluding hydrogens is 342 g/mol. The van der Waals surface area contributed by atoms with Crippen molar-refractivity contribution in [2.75, 3.05) is 0 Å². The number of thioether (sulfide) groups is 1. The first kappa shape index (κ1) is 17.5.